The van der Waals surface area contributed by atoms with Crippen LogP contribution in [0.4, 0.5) is 11.5 Å². The summed E-state index contributed by atoms with van der Waals surface area (Å²) in [6, 6.07) is 1.64. The SMILES string of the molecule is Cc1ccnc(NCCC2CCCO2)c1[N+](=O)[O-]. The largest absolute Gasteiger partial charge is 0.378 e. The topological polar surface area (TPSA) is 77.3 Å². The van der Waals surface area contributed by atoms with Gasteiger partial charge in [0.05, 0.1) is 11.0 Å². The molecule has 2 rings (SSSR count). The molecule has 6 nitrogen and oxygen atoms in total. The molecule has 0 radical (unpaired) electrons. The molecule has 1 atom stereocenters. The first-order chi connectivity index (χ1) is 8.68. The zero-order valence-electron chi connectivity index (χ0n) is 10.4. The van der Waals surface area contributed by atoms with Gasteiger partial charge in [0.1, 0.15) is 0 Å². The summed E-state index contributed by atoms with van der Waals surface area (Å²) in [4.78, 5) is 14.6. The first kappa shape index (κ1) is 12.8. The molecule has 1 aromatic heterocycles. The van der Waals surface area contributed by atoms with E-state index in [2.05, 4.69) is 10.3 Å². The molecule has 0 bridgehead atoms. The Morgan fingerprint density at radius 3 is 3.17 bits per heavy atom. The molecule has 0 saturated carbocycles. The van der Waals surface area contributed by atoms with Gasteiger partial charge in [-0.05, 0) is 32.3 Å². The Morgan fingerprint density at radius 2 is 2.50 bits per heavy atom. The molecule has 98 valence electrons. The summed E-state index contributed by atoms with van der Waals surface area (Å²) in [6.45, 7) is 3.18. The van der Waals surface area contributed by atoms with Crippen LogP contribution < -0.4 is 5.32 Å². The van der Waals surface area contributed by atoms with E-state index in [1.165, 1.54) is 0 Å². The van der Waals surface area contributed by atoms with Crippen LogP contribution in [0.5, 0.6) is 0 Å². The minimum absolute atomic E-state index is 0.0600. The van der Waals surface area contributed by atoms with Gasteiger partial charge >= 0.3 is 5.69 Å². The van der Waals surface area contributed by atoms with Crippen molar-refractivity contribution in [2.24, 2.45) is 0 Å². The molecule has 1 unspecified atom stereocenters. The minimum Gasteiger partial charge on any atom is -0.378 e. The van der Waals surface area contributed by atoms with E-state index in [0.717, 1.165) is 25.9 Å². The predicted octanol–water partition coefficient (Wildman–Crippen LogP) is 2.28. The summed E-state index contributed by atoms with van der Waals surface area (Å²) in [6.07, 6.45) is 4.89. The monoisotopic (exact) mass is 251 g/mol. The molecular weight excluding hydrogens is 234 g/mol. The molecule has 1 aliphatic heterocycles. The van der Waals surface area contributed by atoms with Crippen molar-refractivity contribution in [1.82, 2.24) is 4.98 Å². The lowest BCUT2D eigenvalue weighted by Crippen LogP contribution is -2.14. The van der Waals surface area contributed by atoms with Gasteiger partial charge in [0.25, 0.3) is 0 Å². The van der Waals surface area contributed by atoms with Crippen LogP contribution in [0.1, 0.15) is 24.8 Å². The number of nitro groups is 1. The molecule has 1 saturated heterocycles. The van der Waals surface area contributed by atoms with Gasteiger partial charge in [0.15, 0.2) is 0 Å². The van der Waals surface area contributed by atoms with E-state index < -0.39 is 4.92 Å². The maximum Gasteiger partial charge on any atom is 0.314 e. The van der Waals surface area contributed by atoms with Crippen LogP contribution in [0.25, 0.3) is 0 Å². The maximum absolute atomic E-state index is 11.0. The van der Waals surface area contributed by atoms with Crippen LogP contribution in [0, 0.1) is 17.0 Å². The highest BCUT2D eigenvalue weighted by molar-refractivity contribution is 5.59. The van der Waals surface area contributed by atoms with Gasteiger partial charge in [-0.2, -0.15) is 0 Å². The average Bonchev–Trinajstić information content (AvgIpc) is 2.81. The summed E-state index contributed by atoms with van der Waals surface area (Å²) < 4.78 is 5.50. The van der Waals surface area contributed by atoms with Crippen molar-refractivity contribution < 1.29 is 9.66 Å². The standard InChI is InChI=1S/C12H17N3O3/c1-9-4-6-13-12(11(9)15(16)17)14-7-5-10-3-2-8-18-10/h4,6,10H,2-3,5,7-8H2,1H3,(H,13,14). The molecule has 1 aliphatic rings. The molecule has 0 aromatic carbocycles. The Balaban J connectivity index is 1.96. The van der Waals surface area contributed by atoms with E-state index in [1.54, 1.807) is 19.2 Å². The quantitative estimate of drug-likeness (QED) is 0.641. The third kappa shape index (κ3) is 2.95. The maximum atomic E-state index is 11.0. The zero-order chi connectivity index (χ0) is 13.0. The van der Waals surface area contributed by atoms with Gasteiger partial charge in [-0.3, -0.25) is 10.1 Å². The molecule has 0 aliphatic carbocycles. The van der Waals surface area contributed by atoms with Crippen molar-refractivity contribution in [2.45, 2.75) is 32.3 Å². The zero-order valence-corrected chi connectivity index (χ0v) is 10.4. The van der Waals surface area contributed by atoms with Gasteiger partial charge in [0, 0.05) is 24.9 Å². The van der Waals surface area contributed by atoms with E-state index in [1.807, 2.05) is 0 Å². The molecule has 6 heteroatoms. The smallest absolute Gasteiger partial charge is 0.314 e. The van der Waals surface area contributed by atoms with Crippen LogP contribution in [0.2, 0.25) is 0 Å². The number of nitrogens with zero attached hydrogens (tertiary/aromatic N) is 2. The van der Waals surface area contributed by atoms with Gasteiger partial charge < -0.3 is 10.1 Å². The molecule has 1 fully saturated rings. The summed E-state index contributed by atoms with van der Waals surface area (Å²) >= 11 is 0. The van der Waals surface area contributed by atoms with Crippen molar-refractivity contribution >= 4 is 11.5 Å². The van der Waals surface area contributed by atoms with Crippen LogP contribution >= 0.6 is 0 Å². The van der Waals surface area contributed by atoms with E-state index in [-0.39, 0.29) is 11.8 Å². The van der Waals surface area contributed by atoms with Crippen molar-refractivity contribution in [3.63, 3.8) is 0 Å². The van der Waals surface area contributed by atoms with E-state index in [9.17, 15) is 10.1 Å². The average molecular weight is 251 g/mol. The highest BCUT2D eigenvalue weighted by Gasteiger charge is 2.19. The van der Waals surface area contributed by atoms with Crippen LogP contribution in [0.15, 0.2) is 12.3 Å². The molecule has 0 amide bonds. The lowest BCUT2D eigenvalue weighted by molar-refractivity contribution is -0.384. The lowest BCUT2D eigenvalue weighted by atomic mass is 10.2. The highest BCUT2D eigenvalue weighted by Crippen LogP contribution is 2.25. The number of nitrogens with one attached hydrogen (secondary N) is 1. The Bertz CT molecular complexity index is 431. The van der Waals surface area contributed by atoms with E-state index in [0.29, 0.717) is 17.9 Å². The number of hydrogen-bond acceptors (Lipinski definition) is 5. The third-order valence-corrected chi connectivity index (χ3v) is 3.09. The van der Waals surface area contributed by atoms with E-state index >= 15 is 0 Å². The fourth-order valence-corrected chi connectivity index (χ4v) is 2.13. The van der Waals surface area contributed by atoms with Crippen LogP contribution in [-0.4, -0.2) is 29.2 Å². The fourth-order valence-electron chi connectivity index (χ4n) is 2.13. The first-order valence-corrected chi connectivity index (χ1v) is 6.14. The number of rotatable bonds is 5. The predicted molar refractivity (Wildman–Crippen MR) is 67.7 cm³/mol. The Kier molecular flexibility index (Phi) is 4.09. The Morgan fingerprint density at radius 1 is 1.67 bits per heavy atom. The van der Waals surface area contributed by atoms with Gasteiger partial charge in [0.2, 0.25) is 5.82 Å². The van der Waals surface area contributed by atoms with Crippen LogP contribution in [0.3, 0.4) is 0 Å². The Hall–Kier alpha value is -1.69. The fraction of sp³-hybridized carbons (Fsp3) is 0.583. The van der Waals surface area contributed by atoms with Crippen molar-refractivity contribution in [2.75, 3.05) is 18.5 Å². The minimum atomic E-state index is -0.392. The van der Waals surface area contributed by atoms with Gasteiger partial charge in [-0.1, -0.05) is 0 Å². The van der Waals surface area contributed by atoms with Gasteiger partial charge in [-0.15, -0.1) is 0 Å². The summed E-state index contributed by atoms with van der Waals surface area (Å²) in [5.74, 6) is 0.345. The van der Waals surface area contributed by atoms with Gasteiger partial charge in [-0.25, -0.2) is 4.98 Å². The van der Waals surface area contributed by atoms with Crippen molar-refractivity contribution in [3.8, 4) is 0 Å². The number of aryl methyl sites for hydroxylation is 1. The Labute approximate surface area is 106 Å². The number of aromatic nitrogens is 1. The normalized spacial score (nSPS) is 18.8. The summed E-state index contributed by atoms with van der Waals surface area (Å²) in [7, 11) is 0. The number of ether oxygens (including phenoxy) is 1. The van der Waals surface area contributed by atoms with E-state index in [4.69, 9.17) is 4.74 Å². The summed E-state index contributed by atoms with van der Waals surface area (Å²) in [5.41, 5.74) is 0.680. The highest BCUT2D eigenvalue weighted by atomic mass is 16.6. The number of anilines is 1. The number of hydrogen-bond donors (Lipinski definition) is 1. The molecule has 1 aromatic rings. The first-order valence-electron chi connectivity index (χ1n) is 6.14. The van der Waals surface area contributed by atoms with Crippen LogP contribution in [-0.2, 0) is 4.74 Å². The second-order valence-electron chi connectivity index (χ2n) is 4.43. The molecular formula is C12H17N3O3. The number of pyridine rings is 1. The van der Waals surface area contributed by atoms with Crippen molar-refractivity contribution in [1.29, 1.82) is 0 Å². The molecule has 2 heterocycles. The van der Waals surface area contributed by atoms with Crippen molar-refractivity contribution in [3.05, 3.63) is 27.9 Å². The molecule has 0 spiro atoms. The summed E-state index contributed by atoms with van der Waals surface area (Å²) in [5, 5.41) is 14.0. The lowest BCUT2D eigenvalue weighted by Gasteiger charge is -2.11. The molecule has 1 N–H and O–H groups in total. The second-order valence-corrected chi connectivity index (χ2v) is 4.43. The molecule has 18 heavy (non-hydrogen) atoms. The second kappa shape index (κ2) is 5.77. The third-order valence-electron chi connectivity index (χ3n) is 3.09.